The first-order valence-corrected chi connectivity index (χ1v) is 11.6. The third-order valence-electron chi connectivity index (χ3n) is 5.16. The predicted molar refractivity (Wildman–Crippen MR) is 137 cm³/mol. The van der Waals surface area contributed by atoms with E-state index in [1.165, 1.54) is 0 Å². The summed E-state index contributed by atoms with van der Waals surface area (Å²) in [4.78, 5) is 12.9. The highest BCUT2D eigenvalue weighted by Crippen LogP contribution is 2.29. The Labute approximate surface area is 203 Å². The van der Waals surface area contributed by atoms with Gasteiger partial charge in [0.05, 0.1) is 0 Å². The van der Waals surface area contributed by atoms with E-state index in [1.54, 1.807) is 18.2 Å². The van der Waals surface area contributed by atoms with Crippen LogP contribution in [0.15, 0.2) is 99.4 Å². The number of fused-ring (bicyclic) bond motifs is 1. The van der Waals surface area contributed by atoms with Gasteiger partial charge in [-0.1, -0.05) is 86.5 Å². The molecule has 0 saturated carbocycles. The molecule has 3 nitrogen and oxygen atoms in total. The number of carbonyl (C=O) groups is 1. The first kappa shape index (κ1) is 22.0. The van der Waals surface area contributed by atoms with E-state index in [9.17, 15) is 10.1 Å². The van der Waals surface area contributed by atoms with Crippen LogP contribution in [0.1, 0.15) is 16.7 Å². The van der Waals surface area contributed by atoms with Gasteiger partial charge in [0.15, 0.2) is 0 Å². The van der Waals surface area contributed by atoms with Crippen LogP contribution in [0.4, 0.5) is 5.69 Å². The quantitative estimate of drug-likeness (QED) is 0.208. The molecule has 0 radical (unpaired) electrons. The first-order valence-electron chi connectivity index (χ1n) is 9.98. The Morgan fingerprint density at radius 2 is 1.59 bits per heavy atom. The largest absolute Gasteiger partial charge is 0.321 e. The third kappa shape index (κ3) is 4.99. The van der Waals surface area contributed by atoms with Crippen LogP contribution in [0.25, 0.3) is 16.8 Å². The fraction of sp³-hybridized carbons (Fsp3) is 0.0370. The third-order valence-corrected chi connectivity index (χ3v) is 6.46. The summed E-state index contributed by atoms with van der Waals surface area (Å²) in [6.07, 6.45) is 2.37. The molecular weight excluding hydrogens is 528 g/mol. The molecule has 0 spiro atoms. The number of hydrogen-bond acceptors (Lipinski definition) is 2. The summed E-state index contributed by atoms with van der Waals surface area (Å²) in [6.45, 7) is 0. The molecule has 0 aliphatic rings. The zero-order chi connectivity index (χ0) is 22.5. The lowest BCUT2D eigenvalue weighted by Crippen LogP contribution is -2.13. The van der Waals surface area contributed by atoms with Crippen LogP contribution >= 0.6 is 31.9 Å². The highest BCUT2D eigenvalue weighted by molar-refractivity contribution is 9.10. The summed E-state index contributed by atoms with van der Waals surface area (Å²) < 4.78 is 1.94. The fourth-order valence-electron chi connectivity index (χ4n) is 3.54. The standard InChI is InChI=1S/C27H18Br2N2O/c28-22-11-13-23(14-12-22)31-27(32)21(17-30)16-25-19(15-20-6-2-4-8-26(20)29)10-9-18-5-1-3-7-24(18)25/h1-14,16H,15H2,(H,31,32)/b21-16+. The van der Waals surface area contributed by atoms with Crippen molar-refractivity contribution in [2.24, 2.45) is 0 Å². The van der Waals surface area contributed by atoms with Crippen LogP contribution in [0.3, 0.4) is 0 Å². The van der Waals surface area contributed by atoms with E-state index < -0.39 is 5.91 Å². The van der Waals surface area contributed by atoms with Gasteiger partial charge in [-0.3, -0.25) is 4.79 Å². The number of carbonyl (C=O) groups excluding carboxylic acids is 1. The van der Waals surface area contributed by atoms with Crippen LogP contribution in [-0.2, 0) is 11.2 Å². The van der Waals surface area contributed by atoms with Gasteiger partial charge in [-0.2, -0.15) is 5.26 Å². The van der Waals surface area contributed by atoms with Crippen molar-refractivity contribution in [3.05, 3.63) is 116 Å². The SMILES string of the molecule is N#C/C(=C\c1c(Cc2ccccc2Br)ccc2ccccc12)C(=O)Nc1ccc(Br)cc1. The van der Waals surface area contributed by atoms with E-state index in [0.717, 1.165) is 36.4 Å². The molecule has 4 aromatic rings. The van der Waals surface area contributed by atoms with Crippen molar-refractivity contribution >= 4 is 60.3 Å². The van der Waals surface area contributed by atoms with Gasteiger partial charge in [0.25, 0.3) is 5.91 Å². The number of amides is 1. The maximum atomic E-state index is 12.9. The molecule has 1 amide bonds. The minimum Gasteiger partial charge on any atom is -0.321 e. The molecule has 0 fully saturated rings. The van der Waals surface area contributed by atoms with E-state index in [0.29, 0.717) is 12.1 Å². The van der Waals surface area contributed by atoms with E-state index in [2.05, 4.69) is 61.4 Å². The van der Waals surface area contributed by atoms with Gasteiger partial charge >= 0.3 is 0 Å². The minimum absolute atomic E-state index is 0.0534. The van der Waals surface area contributed by atoms with Gasteiger partial charge < -0.3 is 5.32 Å². The number of halogens is 2. The molecule has 0 atom stereocenters. The average molecular weight is 546 g/mol. The number of benzene rings is 4. The summed E-state index contributed by atoms with van der Waals surface area (Å²) in [5.41, 5.74) is 3.74. The summed E-state index contributed by atoms with van der Waals surface area (Å²) in [7, 11) is 0. The fourth-order valence-corrected chi connectivity index (χ4v) is 4.23. The van der Waals surface area contributed by atoms with E-state index in [4.69, 9.17) is 0 Å². The molecule has 0 saturated heterocycles. The van der Waals surface area contributed by atoms with Crippen molar-refractivity contribution in [3.63, 3.8) is 0 Å². The Kier molecular flexibility index (Phi) is 6.84. The van der Waals surface area contributed by atoms with Gasteiger partial charge in [-0.25, -0.2) is 0 Å². The number of nitrogens with one attached hydrogen (secondary N) is 1. The van der Waals surface area contributed by atoms with Crippen LogP contribution in [-0.4, -0.2) is 5.91 Å². The summed E-state index contributed by atoms with van der Waals surface area (Å²) in [5.74, 6) is -0.436. The molecule has 156 valence electrons. The van der Waals surface area contributed by atoms with Gasteiger partial charge in [0, 0.05) is 14.6 Å². The summed E-state index contributed by atoms with van der Waals surface area (Å²) in [6, 6.07) is 29.5. The molecule has 32 heavy (non-hydrogen) atoms. The Balaban J connectivity index is 1.77. The lowest BCUT2D eigenvalue weighted by atomic mass is 9.93. The molecule has 0 unspecified atom stereocenters. The molecule has 1 N–H and O–H groups in total. The molecule has 0 heterocycles. The second kappa shape index (κ2) is 9.95. The maximum Gasteiger partial charge on any atom is 0.266 e. The number of anilines is 1. The Morgan fingerprint density at radius 1 is 0.875 bits per heavy atom. The predicted octanol–water partition coefficient (Wildman–Crippen LogP) is 7.50. The van der Waals surface area contributed by atoms with Crippen molar-refractivity contribution in [2.45, 2.75) is 6.42 Å². The van der Waals surface area contributed by atoms with Crippen molar-refractivity contribution in [2.75, 3.05) is 5.32 Å². The van der Waals surface area contributed by atoms with Crippen LogP contribution in [0.5, 0.6) is 0 Å². The van der Waals surface area contributed by atoms with Crippen molar-refractivity contribution in [3.8, 4) is 6.07 Å². The minimum atomic E-state index is -0.436. The smallest absolute Gasteiger partial charge is 0.266 e. The first-order chi connectivity index (χ1) is 15.5. The van der Waals surface area contributed by atoms with Crippen LogP contribution in [0.2, 0.25) is 0 Å². The summed E-state index contributed by atoms with van der Waals surface area (Å²) in [5, 5.41) is 14.6. The highest BCUT2D eigenvalue weighted by Gasteiger charge is 2.14. The average Bonchev–Trinajstić information content (AvgIpc) is 2.81. The van der Waals surface area contributed by atoms with Crippen LogP contribution < -0.4 is 5.32 Å². The lowest BCUT2D eigenvalue weighted by molar-refractivity contribution is -0.112. The number of hydrogen-bond donors (Lipinski definition) is 1. The van der Waals surface area contributed by atoms with Crippen molar-refractivity contribution in [1.29, 1.82) is 5.26 Å². The molecule has 4 aromatic carbocycles. The normalized spacial score (nSPS) is 11.2. The number of nitrogens with zero attached hydrogens (tertiary/aromatic N) is 1. The Bertz CT molecular complexity index is 1370. The zero-order valence-electron chi connectivity index (χ0n) is 17.0. The van der Waals surface area contributed by atoms with E-state index in [1.807, 2.05) is 54.6 Å². The molecule has 4 rings (SSSR count). The monoisotopic (exact) mass is 544 g/mol. The van der Waals surface area contributed by atoms with Crippen molar-refractivity contribution < 1.29 is 4.79 Å². The van der Waals surface area contributed by atoms with Crippen molar-refractivity contribution in [1.82, 2.24) is 0 Å². The van der Waals surface area contributed by atoms with E-state index in [-0.39, 0.29) is 5.57 Å². The van der Waals surface area contributed by atoms with Gasteiger partial charge in [-0.15, -0.1) is 0 Å². The topological polar surface area (TPSA) is 52.9 Å². The zero-order valence-corrected chi connectivity index (χ0v) is 20.2. The molecule has 0 aliphatic carbocycles. The van der Waals surface area contributed by atoms with Crippen LogP contribution in [0, 0.1) is 11.3 Å². The molecular formula is C27H18Br2N2O. The second-order valence-corrected chi connectivity index (χ2v) is 9.03. The summed E-state index contributed by atoms with van der Waals surface area (Å²) >= 11 is 7.00. The molecule has 0 bridgehead atoms. The lowest BCUT2D eigenvalue weighted by Gasteiger charge is -2.12. The second-order valence-electron chi connectivity index (χ2n) is 7.26. The molecule has 5 heteroatoms. The van der Waals surface area contributed by atoms with Gasteiger partial charge in [0.2, 0.25) is 0 Å². The van der Waals surface area contributed by atoms with E-state index >= 15 is 0 Å². The Morgan fingerprint density at radius 3 is 2.34 bits per heavy atom. The van der Waals surface area contributed by atoms with Gasteiger partial charge in [-0.05, 0) is 70.3 Å². The highest BCUT2D eigenvalue weighted by atomic mass is 79.9. The molecule has 0 aromatic heterocycles. The Hall–Kier alpha value is -3.20. The van der Waals surface area contributed by atoms with Gasteiger partial charge in [0.1, 0.15) is 11.6 Å². The number of nitriles is 1. The maximum absolute atomic E-state index is 12.9. The molecule has 0 aliphatic heterocycles. The number of rotatable bonds is 5.